The average molecular weight is 199 g/mol. The number of unbranched alkanes of at least 4 members (excludes halogenated alkanes) is 4. The molecule has 0 heterocycles. The molecular formula is C13H29N. The fraction of sp³-hybridized carbons (Fsp3) is 1.00. The third-order valence-corrected chi connectivity index (χ3v) is 2.81. The molecule has 0 rings (SSSR count). The largest absolute Gasteiger partial charge is 0.314 e. The first-order valence-corrected chi connectivity index (χ1v) is 6.58. The van der Waals surface area contributed by atoms with Crippen LogP contribution in [0.3, 0.4) is 0 Å². The Morgan fingerprint density at radius 2 is 1.43 bits per heavy atom. The van der Waals surface area contributed by atoms with Crippen molar-refractivity contribution in [2.24, 2.45) is 0 Å². The minimum absolute atomic E-state index is 0.789. The minimum atomic E-state index is 0.789. The number of rotatable bonds is 10. The zero-order valence-electron chi connectivity index (χ0n) is 10.4. The highest BCUT2D eigenvalue weighted by molar-refractivity contribution is 4.65. The summed E-state index contributed by atoms with van der Waals surface area (Å²) in [5.41, 5.74) is 0. The topological polar surface area (TPSA) is 12.0 Å². The van der Waals surface area contributed by atoms with Gasteiger partial charge in [-0.2, -0.15) is 0 Å². The van der Waals surface area contributed by atoms with Crippen molar-refractivity contribution in [3.8, 4) is 0 Å². The zero-order valence-corrected chi connectivity index (χ0v) is 10.4. The molecule has 0 spiro atoms. The fourth-order valence-corrected chi connectivity index (χ4v) is 1.91. The fourth-order valence-electron chi connectivity index (χ4n) is 1.91. The normalized spacial score (nSPS) is 13.1. The Balaban J connectivity index is 3.40. The molecule has 0 aromatic rings. The Morgan fingerprint density at radius 1 is 0.786 bits per heavy atom. The Bertz CT molecular complexity index is 101. The van der Waals surface area contributed by atoms with E-state index < -0.39 is 0 Å². The predicted octanol–water partition coefficient (Wildman–Crippen LogP) is 4.13. The van der Waals surface area contributed by atoms with Gasteiger partial charge in [-0.15, -0.1) is 0 Å². The molecule has 0 aromatic heterocycles. The first kappa shape index (κ1) is 14.0. The summed E-state index contributed by atoms with van der Waals surface area (Å²) in [6.07, 6.45) is 11.1. The van der Waals surface area contributed by atoms with Crippen LogP contribution >= 0.6 is 0 Å². The maximum Gasteiger partial charge on any atom is 0.00669 e. The van der Waals surface area contributed by atoms with E-state index in [9.17, 15) is 0 Å². The van der Waals surface area contributed by atoms with Crippen molar-refractivity contribution >= 4 is 0 Å². The van der Waals surface area contributed by atoms with Crippen LogP contribution in [0.5, 0.6) is 0 Å². The predicted molar refractivity (Wildman–Crippen MR) is 65.7 cm³/mol. The molecule has 1 unspecified atom stereocenters. The van der Waals surface area contributed by atoms with Crippen LogP contribution in [0.25, 0.3) is 0 Å². The van der Waals surface area contributed by atoms with Gasteiger partial charge in [0.05, 0.1) is 0 Å². The van der Waals surface area contributed by atoms with Gasteiger partial charge < -0.3 is 5.32 Å². The lowest BCUT2D eigenvalue weighted by atomic mass is 10.0. The van der Waals surface area contributed by atoms with E-state index in [0.29, 0.717) is 0 Å². The second kappa shape index (κ2) is 11.0. The maximum atomic E-state index is 3.59. The van der Waals surface area contributed by atoms with Crippen LogP contribution in [-0.4, -0.2) is 12.6 Å². The molecule has 1 atom stereocenters. The average Bonchev–Trinajstić information content (AvgIpc) is 2.20. The van der Waals surface area contributed by atoms with Gasteiger partial charge in [0.15, 0.2) is 0 Å². The third-order valence-electron chi connectivity index (χ3n) is 2.81. The van der Waals surface area contributed by atoms with Crippen molar-refractivity contribution in [3.05, 3.63) is 0 Å². The lowest BCUT2D eigenvalue weighted by molar-refractivity contribution is 0.429. The quantitative estimate of drug-likeness (QED) is 0.522. The summed E-state index contributed by atoms with van der Waals surface area (Å²) in [4.78, 5) is 0. The SMILES string of the molecule is CCCCCCC(CCCC)NCC. The highest BCUT2D eigenvalue weighted by Crippen LogP contribution is 2.10. The Morgan fingerprint density at radius 3 is 2.00 bits per heavy atom. The van der Waals surface area contributed by atoms with E-state index in [2.05, 4.69) is 26.1 Å². The van der Waals surface area contributed by atoms with E-state index in [4.69, 9.17) is 0 Å². The van der Waals surface area contributed by atoms with E-state index in [1.165, 1.54) is 51.4 Å². The molecule has 0 saturated heterocycles. The molecule has 0 aliphatic rings. The lowest BCUT2D eigenvalue weighted by Gasteiger charge is -2.17. The van der Waals surface area contributed by atoms with Crippen LogP contribution in [0, 0.1) is 0 Å². The van der Waals surface area contributed by atoms with Crippen LogP contribution in [0.2, 0.25) is 0 Å². The van der Waals surface area contributed by atoms with Crippen LogP contribution < -0.4 is 5.32 Å². The molecule has 1 N–H and O–H groups in total. The molecule has 0 aromatic carbocycles. The van der Waals surface area contributed by atoms with Crippen molar-refractivity contribution < 1.29 is 0 Å². The van der Waals surface area contributed by atoms with E-state index in [1.54, 1.807) is 0 Å². The van der Waals surface area contributed by atoms with Gasteiger partial charge in [-0.3, -0.25) is 0 Å². The molecule has 0 fully saturated rings. The van der Waals surface area contributed by atoms with Crippen molar-refractivity contribution in [2.45, 2.75) is 78.2 Å². The first-order chi connectivity index (χ1) is 6.85. The summed E-state index contributed by atoms with van der Waals surface area (Å²) in [5, 5.41) is 3.59. The Kier molecular flexibility index (Phi) is 11.0. The summed E-state index contributed by atoms with van der Waals surface area (Å²) in [5.74, 6) is 0. The van der Waals surface area contributed by atoms with E-state index in [0.717, 1.165) is 12.6 Å². The third kappa shape index (κ3) is 8.55. The van der Waals surface area contributed by atoms with Crippen molar-refractivity contribution in [1.29, 1.82) is 0 Å². The summed E-state index contributed by atoms with van der Waals surface area (Å²) in [6.45, 7) is 7.89. The molecule has 86 valence electrons. The molecule has 0 aliphatic heterocycles. The maximum absolute atomic E-state index is 3.59. The van der Waals surface area contributed by atoms with Gasteiger partial charge in [0.25, 0.3) is 0 Å². The number of hydrogen-bond donors (Lipinski definition) is 1. The number of hydrogen-bond acceptors (Lipinski definition) is 1. The van der Waals surface area contributed by atoms with Crippen LogP contribution in [0.4, 0.5) is 0 Å². The molecule has 0 amide bonds. The van der Waals surface area contributed by atoms with Gasteiger partial charge >= 0.3 is 0 Å². The highest BCUT2D eigenvalue weighted by Gasteiger charge is 2.05. The summed E-state index contributed by atoms with van der Waals surface area (Å²) >= 11 is 0. The monoisotopic (exact) mass is 199 g/mol. The lowest BCUT2D eigenvalue weighted by Crippen LogP contribution is -2.28. The number of nitrogens with one attached hydrogen (secondary N) is 1. The second-order valence-corrected chi connectivity index (χ2v) is 4.25. The molecular weight excluding hydrogens is 170 g/mol. The van der Waals surface area contributed by atoms with E-state index in [-0.39, 0.29) is 0 Å². The van der Waals surface area contributed by atoms with Gasteiger partial charge in [-0.1, -0.05) is 59.3 Å². The highest BCUT2D eigenvalue weighted by atomic mass is 14.9. The van der Waals surface area contributed by atoms with E-state index >= 15 is 0 Å². The molecule has 0 radical (unpaired) electrons. The molecule has 0 saturated carbocycles. The zero-order chi connectivity index (χ0) is 10.6. The molecule has 1 nitrogen and oxygen atoms in total. The van der Waals surface area contributed by atoms with Gasteiger partial charge in [0.1, 0.15) is 0 Å². The molecule has 0 aliphatic carbocycles. The van der Waals surface area contributed by atoms with Gasteiger partial charge in [0, 0.05) is 6.04 Å². The second-order valence-electron chi connectivity index (χ2n) is 4.25. The first-order valence-electron chi connectivity index (χ1n) is 6.58. The smallest absolute Gasteiger partial charge is 0.00669 e. The summed E-state index contributed by atoms with van der Waals surface area (Å²) < 4.78 is 0. The molecule has 0 bridgehead atoms. The van der Waals surface area contributed by atoms with Crippen molar-refractivity contribution in [2.75, 3.05) is 6.54 Å². The summed E-state index contributed by atoms with van der Waals surface area (Å²) in [6, 6.07) is 0.789. The Hall–Kier alpha value is -0.0400. The molecule has 14 heavy (non-hydrogen) atoms. The van der Waals surface area contributed by atoms with E-state index in [1.807, 2.05) is 0 Å². The minimum Gasteiger partial charge on any atom is -0.314 e. The van der Waals surface area contributed by atoms with Crippen molar-refractivity contribution in [1.82, 2.24) is 5.32 Å². The standard InChI is InChI=1S/C13H29N/c1-4-7-9-10-12-13(14-6-3)11-8-5-2/h13-14H,4-12H2,1-3H3. The Labute approximate surface area is 90.7 Å². The van der Waals surface area contributed by atoms with Crippen LogP contribution in [-0.2, 0) is 0 Å². The molecule has 1 heteroatoms. The van der Waals surface area contributed by atoms with Crippen molar-refractivity contribution in [3.63, 3.8) is 0 Å². The van der Waals surface area contributed by atoms with Gasteiger partial charge in [-0.05, 0) is 19.4 Å². The van der Waals surface area contributed by atoms with Gasteiger partial charge in [-0.25, -0.2) is 0 Å². The summed E-state index contributed by atoms with van der Waals surface area (Å²) in [7, 11) is 0. The van der Waals surface area contributed by atoms with Gasteiger partial charge in [0.2, 0.25) is 0 Å². The van der Waals surface area contributed by atoms with Crippen LogP contribution in [0.1, 0.15) is 72.1 Å². The van der Waals surface area contributed by atoms with Crippen LogP contribution in [0.15, 0.2) is 0 Å².